The quantitative estimate of drug-likeness (QED) is 0.881. The van der Waals surface area contributed by atoms with Gasteiger partial charge >= 0.3 is 0 Å². The number of nitrogens with two attached hydrogens (primary N) is 1. The molecule has 2 atom stereocenters. The molecular formula is C19H24N2. The predicted molar refractivity (Wildman–Crippen MR) is 88.8 cm³/mol. The Bertz CT molecular complexity index is 605. The number of allylic oxidation sites excluding steroid dienone is 3. The summed E-state index contributed by atoms with van der Waals surface area (Å²) in [4.78, 5) is 0. The third kappa shape index (κ3) is 2.96. The Labute approximate surface area is 127 Å². The molecule has 1 aromatic rings. The van der Waals surface area contributed by atoms with Crippen LogP contribution in [0.3, 0.4) is 0 Å². The van der Waals surface area contributed by atoms with Gasteiger partial charge in [-0.1, -0.05) is 48.1 Å². The molecular weight excluding hydrogens is 256 g/mol. The van der Waals surface area contributed by atoms with E-state index >= 15 is 0 Å². The van der Waals surface area contributed by atoms with Gasteiger partial charge in [0.25, 0.3) is 0 Å². The molecule has 0 heterocycles. The summed E-state index contributed by atoms with van der Waals surface area (Å²) in [5, 5.41) is 3.75. The Balaban J connectivity index is 1.78. The van der Waals surface area contributed by atoms with Crippen molar-refractivity contribution in [2.75, 3.05) is 0 Å². The summed E-state index contributed by atoms with van der Waals surface area (Å²) in [6.45, 7) is 4.35. The molecule has 0 saturated carbocycles. The molecule has 3 rings (SSSR count). The van der Waals surface area contributed by atoms with Crippen LogP contribution in [0.4, 0.5) is 0 Å². The fourth-order valence-corrected chi connectivity index (χ4v) is 3.28. The zero-order valence-corrected chi connectivity index (χ0v) is 12.9. The van der Waals surface area contributed by atoms with E-state index < -0.39 is 0 Å². The van der Waals surface area contributed by atoms with Gasteiger partial charge in [-0.3, -0.25) is 0 Å². The Morgan fingerprint density at radius 2 is 2.00 bits per heavy atom. The number of benzene rings is 1. The highest BCUT2D eigenvalue weighted by atomic mass is 15.0. The fraction of sp³-hybridized carbons (Fsp3) is 0.368. The van der Waals surface area contributed by atoms with Gasteiger partial charge in [0.15, 0.2) is 0 Å². The van der Waals surface area contributed by atoms with Gasteiger partial charge in [0.05, 0.1) is 0 Å². The summed E-state index contributed by atoms with van der Waals surface area (Å²) < 4.78 is 0. The van der Waals surface area contributed by atoms with Crippen molar-refractivity contribution >= 4 is 0 Å². The predicted octanol–water partition coefficient (Wildman–Crippen LogP) is 3.91. The molecule has 0 bridgehead atoms. The van der Waals surface area contributed by atoms with Crippen LogP contribution in [-0.2, 0) is 0 Å². The van der Waals surface area contributed by atoms with E-state index in [4.69, 9.17) is 5.73 Å². The van der Waals surface area contributed by atoms with Crippen molar-refractivity contribution in [3.05, 3.63) is 70.5 Å². The maximum Gasteiger partial charge on any atom is 0.0383 e. The number of aryl methyl sites for hydroxylation is 1. The van der Waals surface area contributed by atoms with Crippen molar-refractivity contribution in [2.24, 2.45) is 5.73 Å². The van der Waals surface area contributed by atoms with Gasteiger partial charge in [-0.2, -0.15) is 0 Å². The van der Waals surface area contributed by atoms with Crippen molar-refractivity contribution in [3.63, 3.8) is 0 Å². The Morgan fingerprint density at radius 1 is 1.24 bits per heavy atom. The maximum absolute atomic E-state index is 6.24. The first-order chi connectivity index (χ1) is 10.1. The normalized spacial score (nSPS) is 22.8. The molecule has 3 N–H and O–H groups in total. The van der Waals surface area contributed by atoms with Gasteiger partial charge in [-0.05, 0) is 49.8 Å². The first-order valence-electron chi connectivity index (χ1n) is 7.83. The molecule has 2 heteroatoms. The number of hydrogen-bond donors (Lipinski definition) is 2. The van der Waals surface area contributed by atoms with Crippen LogP contribution in [0.1, 0.15) is 43.4 Å². The molecule has 1 aromatic carbocycles. The second-order valence-corrected chi connectivity index (χ2v) is 6.13. The summed E-state index contributed by atoms with van der Waals surface area (Å²) in [6, 6.07) is 9.42. The lowest BCUT2D eigenvalue weighted by molar-refractivity contribution is 0.492. The molecule has 2 aliphatic carbocycles. The summed E-state index contributed by atoms with van der Waals surface area (Å²) in [6.07, 6.45) is 9.90. The van der Waals surface area contributed by atoms with Crippen molar-refractivity contribution in [1.29, 1.82) is 0 Å². The van der Waals surface area contributed by atoms with Gasteiger partial charge in [-0.15, -0.1) is 0 Å². The summed E-state index contributed by atoms with van der Waals surface area (Å²) in [7, 11) is 0. The van der Waals surface area contributed by atoms with Crippen LogP contribution < -0.4 is 11.1 Å². The van der Waals surface area contributed by atoms with E-state index in [1.807, 2.05) is 0 Å². The van der Waals surface area contributed by atoms with E-state index in [1.165, 1.54) is 22.3 Å². The van der Waals surface area contributed by atoms with Crippen LogP contribution in [0.2, 0.25) is 0 Å². The minimum absolute atomic E-state index is 0.325. The summed E-state index contributed by atoms with van der Waals surface area (Å²) in [5.41, 5.74) is 12.6. The highest BCUT2D eigenvalue weighted by molar-refractivity contribution is 5.47. The van der Waals surface area contributed by atoms with Gasteiger partial charge in [0.2, 0.25) is 0 Å². The van der Waals surface area contributed by atoms with E-state index in [1.54, 1.807) is 0 Å². The molecule has 0 spiro atoms. The van der Waals surface area contributed by atoms with Crippen molar-refractivity contribution in [2.45, 2.75) is 45.2 Å². The molecule has 21 heavy (non-hydrogen) atoms. The number of nitrogens with one attached hydrogen (secondary N) is 1. The molecule has 2 aliphatic rings. The highest BCUT2D eigenvalue weighted by Gasteiger charge is 2.25. The smallest absolute Gasteiger partial charge is 0.0383 e. The molecule has 0 saturated heterocycles. The van der Waals surface area contributed by atoms with Crippen LogP contribution in [-0.4, -0.2) is 6.04 Å². The molecule has 0 aromatic heterocycles. The molecule has 2 nitrogen and oxygen atoms in total. The maximum atomic E-state index is 6.24. The van der Waals surface area contributed by atoms with Crippen molar-refractivity contribution in [1.82, 2.24) is 5.32 Å². The molecule has 0 fully saturated rings. The van der Waals surface area contributed by atoms with E-state index in [0.29, 0.717) is 12.1 Å². The van der Waals surface area contributed by atoms with Gasteiger partial charge in [0, 0.05) is 17.8 Å². The number of hydrogen-bond acceptors (Lipinski definition) is 2. The lowest BCUT2D eigenvalue weighted by atomic mass is 9.84. The minimum Gasteiger partial charge on any atom is -0.399 e. The Kier molecular flexibility index (Phi) is 3.98. The largest absolute Gasteiger partial charge is 0.399 e. The average Bonchev–Trinajstić information content (AvgIpc) is 2.48. The van der Waals surface area contributed by atoms with E-state index in [-0.39, 0.29) is 0 Å². The third-order valence-corrected chi connectivity index (χ3v) is 4.50. The Morgan fingerprint density at radius 3 is 2.76 bits per heavy atom. The lowest BCUT2D eigenvalue weighted by Crippen LogP contribution is -2.37. The van der Waals surface area contributed by atoms with Crippen LogP contribution in [0.5, 0.6) is 0 Å². The van der Waals surface area contributed by atoms with Crippen molar-refractivity contribution in [3.8, 4) is 0 Å². The SMILES string of the molecule is Cc1ccc(C(C)NC2CC=CC3=C2C(N)=CCC3)cc1. The molecule has 2 unspecified atom stereocenters. The minimum atomic E-state index is 0.325. The van der Waals surface area contributed by atoms with E-state index in [2.05, 4.69) is 61.7 Å². The van der Waals surface area contributed by atoms with Gasteiger partial charge in [-0.25, -0.2) is 0 Å². The van der Waals surface area contributed by atoms with Gasteiger partial charge in [0.1, 0.15) is 0 Å². The average molecular weight is 280 g/mol. The first-order valence-corrected chi connectivity index (χ1v) is 7.83. The zero-order chi connectivity index (χ0) is 14.8. The van der Waals surface area contributed by atoms with Crippen LogP contribution in [0, 0.1) is 6.92 Å². The lowest BCUT2D eigenvalue weighted by Gasteiger charge is -2.31. The summed E-state index contributed by atoms with van der Waals surface area (Å²) >= 11 is 0. The molecule has 0 radical (unpaired) electrons. The molecule has 0 aliphatic heterocycles. The van der Waals surface area contributed by atoms with Crippen molar-refractivity contribution < 1.29 is 0 Å². The fourth-order valence-electron chi connectivity index (χ4n) is 3.28. The second-order valence-electron chi connectivity index (χ2n) is 6.13. The Hall–Kier alpha value is -1.80. The van der Waals surface area contributed by atoms with Gasteiger partial charge < -0.3 is 11.1 Å². The molecule has 110 valence electrons. The van der Waals surface area contributed by atoms with E-state index in [0.717, 1.165) is 25.0 Å². The zero-order valence-electron chi connectivity index (χ0n) is 12.9. The van der Waals surface area contributed by atoms with Crippen LogP contribution >= 0.6 is 0 Å². The topological polar surface area (TPSA) is 38.0 Å². The van der Waals surface area contributed by atoms with Crippen LogP contribution in [0.15, 0.2) is 59.3 Å². The highest BCUT2D eigenvalue weighted by Crippen LogP contribution is 2.32. The van der Waals surface area contributed by atoms with E-state index in [9.17, 15) is 0 Å². The number of rotatable bonds is 3. The monoisotopic (exact) mass is 280 g/mol. The van der Waals surface area contributed by atoms with Crippen LogP contribution in [0.25, 0.3) is 0 Å². The summed E-state index contributed by atoms with van der Waals surface area (Å²) in [5.74, 6) is 0. The third-order valence-electron chi connectivity index (χ3n) is 4.50. The first kappa shape index (κ1) is 14.2. The second kappa shape index (κ2) is 5.90. The molecule has 0 amide bonds. The standard InChI is InChI=1S/C19H24N2/c1-13-9-11-15(12-10-13)14(2)21-18-8-4-6-16-5-3-7-17(20)19(16)18/h4,6-7,9-12,14,18,21H,3,5,8,20H2,1-2H3.